The van der Waals surface area contributed by atoms with Crippen LogP contribution in [-0.4, -0.2) is 36.5 Å². The van der Waals surface area contributed by atoms with Gasteiger partial charge in [-0.05, 0) is 25.5 Å². The highest BCUT2D eigenvalue weighted by Gasteiger charge is 2.30. The predicted octanol–water partition coefficient (Wildman–Crippen LogP) is 0.606. The first-order valence-corrected chi connectivity index (χ1v) is 6.62. The second kappa shape index (κ2) is 4.53. The molecule has 2 atom stereocenters. The van der Waals surface area contributed by atoms with Crippen LogP contribution < -0.4 is 10.6 Å². The summed E-state index contributed by atoms with van der Waals surface area (Å²) in [4.78, 5) is 11.6. The Morgan fingerprint density at radius 3 is 2.71 bits per heavy atom. The second-order valence-corrected chi connectivity index (χ2v) is 5.37. The lowest BCUT2D eigenvalue weighted by molar-refractivity contribution is -0.127. The van der Waals surface area contributed by atoms with Gasteiger partial charge in [-0.15, -0.1) is 0 Å². The molecule has 4 heteroatoms. The Bertz CT molecular complexity index is 218. The highest BCUT2D eigenvalue weighted by molar-refractivity contribution is 7.99. The van der Waals surface area contributed by atoms with E-state index in [4.69, 9.17) is 0 Å². The fourth-order valence-electron chi connectivity index (χ4n) is 2.08. The smallest absolute Gasteiger partial charge is 0.225 e. The first-order chi connectivity index (χ1) is 6.79. The van der Waals surface area contributed by atoms with E-state index in [-0.39, 0.29) is 11.8 Å². The molecule has 2 fully saturated rings. The third-order valence-electron chi connectivity index (χ3n) is 3.22. The van der Waals surface area contributed by atoms with E-state index < -0.39 is 0 Å². The van der Waals surface area contributed by atoms with Crippen LogP contribution in [0.1, 0.15) is 19.3 Å². The number of nitrogens with one attached hydrogen (secondary N) is 2. The number of rotatable bonds is 3. The van der Waals surface area contributed by atoms with E-state index in [1.165, 1.54) is 6.42 Å². The van der Waals surface area contributed by atoms with Gasteiger partial charge in [0, 0.05) is 24.4 Å². The standard InChI is InChI=1S/C10H18N2OS/c1-14-9-3-2-8(4-9)12-10(13)7-5-11-6-7/h7-9,11H,2-6H2,1H3,(H,12,13). The van der Waals surface area contributed by atoms with Crippen LogP contribution in [0.15, 0.2) is 0 Å². The van der Waals surface area contributed by atoms with Crippen LogP contribution in [0, 0.1) is 5.92 Å². The molecule has 0 aromatic rings. The first kappa shape index (κ1) is 10.3. The van der Waals surface area contributed by atoms with Crippen molar-refractivity contribution in [3.05, 3.63) is 0 Å². The topological polar surface area (TPSA) is 41.1 Å². The highest BCUT2D eigenvalue weighted by Crippen LogP contribution is 2.28. The van der Waals surface area contributed by atoms with Crippen LogP contribution in [0.3, 0.4) is 0 Å². The zero-order valence-electron chi connectivity index (χ0n) is 8.58. The van der Waals surface area contributed by atoms with Gasteiger partial charge in [0.1, 0.15) is 0 Å². The number of carbonyl (C=O) groups is 1. The SMILES string of the molecule is CSC1CCC(NC(=O)C2CNC2)C1. The molecule has 80 valence electrons. The van der Waals surface area contributed by atoms with Crippen molar-refractivity contribution < 1.29 is 4.79 Å². The maximum atomic E-state index is 11.6. The largest absolute Gasteiger partial charge is 0.353 e. The van der Waals surface area contributed by atoms with Gasteiger partial charge < -0.3 is 10.6 Å². The minimum absolute atomic E-state index is 0.239. The summed E-state index contributed by atoms with van der Waals surface area (Å²) in [6.45, 7) is 1.73. The Morgan fingerprint density at radius 1 is 1.43 bits per heavy atom. The normalized spacial score (nSPS) is 32.6. The van der Waals surface area contributed by atoms with E-state index in [0.29, 0.717) is 6.04 Å². The van der Waals surface area contributed by atoms with Gasteiger partial charge in [-0.1, -0.05) is 0 Å². The van der Waals surface area contributed by atoms with Gasteiger partial charge in [-0.25, -0.2) is 0 Å². The van der Waals surface area contributed by atoms with Crippen LogP contribution in [0.25, 0.3) is 0 Å². The lowest BCUT2D eigenvalue weighted by atomic mass is 10.0. The van der Waals surface area contributed by atoms with Gasteiger partial charge in [-0.3, -0.25) is 4.79 Å². The van der Waals surface area contributed by atoms with E-state index in [1.807, 2.05) is 11.8 Å². The summed E-state index contributed by atoms with van der Waals surface area (Å²) < 4.78 is 0. The van der Waals surface area contributed by atoms with Crippen molar-refractivity contribution >= 4 is 17.7 Å². The van der Waals surface area contributed by atoms with Gasteiger partial charge in [-0.2, -0.15) is 11.8 Å². The van der Waals surface area contributed by atoms with Crippen LogP contribution in [0.2, 0.25) is 0 Å². The van der Waals surface area contributed by atoms with Crippen molar-refractivity contribution in [2.75, 3.05) is 19.3 Å². The quantitative estimate of drug-likeness (QED) is 0.723. The van der Waals surface area contributed by atoms with Crippen molar-refractivity contribution in [1.82, 2.24) is 10.6 Å². The second-order valence-electron chi connectivity index (χ2n) is 4.23. The molecule has 1 aliphatic carbocycles. The summed E-state index contributed by atoms with van der Waals surface area (Å²) in [7, 11) is 0. The number of hydrogen-bond donors (Lipinski definition) is 2. The molecule has 1 saturated carbocycles. The van der Waals surface area contributed by atoms with Gasteiger partial charge in [0.25, 0.3) is 0 Å². The summed E-state index contributed by atoms with van der Waals surface area (Å²) in [5.41, 5.74) is 0. The van der Waals surface area contributed by atoms with E-state index in [1.54, 1.807) is 0 Å². The van der Waals surface area contributed by atoms with Gasteiger partial charge >= 0.3 is 0 Å². The minimum Gasteiger partial charge on any atom is -0.353 e. The fourth-order valence-corrected chi connectivity index (χ4v) is 2.87. The number of hydrogen-bond acceptors (Lipinski definition) is 3. The van der Waals surface area contributed by atoms with Crippen molar-refractivity contribution in [2.45, 2.75) is 30.6 Å². The summed E-state index contributed by atoms with van der Waals surface area (Å²) in [6, 6.07) is 0.445. The molecule has 1 amide bonds. The number of thioether (sulfide) groups is 1. The molecule has 1 heterocycles. The van der Waals surface area contributed by atoms with Crippen molar-refractivity contribution in [3.8, 4) is 0 Å². The molecule has 0 bridgehead atoms. The molecule has 0 aromatic carbocycles. The minimum atomic E-state index is 0.239. The summed E-state index contributed by atoms with van der Waals surface area (Å²) >= 11 is 1.93. The summed E-state index contributed by atoms with van der Waals surface area (Å²) in [6.07, 6.45) is 5.74. The predicted molar refractivity (Wildman–Crippen MR) is 59.4 cm³/mol. The fraction of sp³-hybridized carbons (Fsp3) is 0.900. The molecule has 1 aliphatic heterocycles. The third-order valence-corrected chi connectivity index (χ3v) is 4.31. The third kappa shape index (κ3) is 2.23. The lowest BCUT2D eigenvalue weighted by Crippen LogP contribution is -2.52. The molecule has 2 unspecified atom stereocenters. The average molecular weight is 214 g/mol. The molecule has 14 heavy (non-hydrogen) atoms. The Labute approximate surface area is 89.4 Å². The molecule has 0 aromatic heterocycles. The maximum absolute atomic E-state index is 11.6. The van der Waals surface area contributed by atoms with E-state index >= 15 is 0 Å². The monoisotopic (exact) mass is 214 g/mol. The molecule has 0 radical (unpaired) electrons. The Kier molecular flexibility index (Phi) is 3.34. The van der Waals surface area contributed by atoms with Crippen molar-refractivity contribution in [2.24, 2.45) is 5.92 Å². The van der Waals surface area contributed by atoms with Crippen molar-refractivity contribution in [3.63, 3.8) is 0 Å². The molecule has 3 nitrogen and oxygen atoms in total. The zero-order chi connectivity index (χ0) is 9.97. The van der Waals surface area contributed by atoms with Gasteiger partial charge in [0.05, 0.1) is 5.92 Å². The van der Waals surface area contributed by atoms with Crippen LogP contribution in [-0.2, 0) is 4.79 Å². The Hall–Kier alpha value is -0.220. The molecule has 0 spiro atoms. The average Bonchev–Trinajstić information content (AvgIpc) is 2.48. The van der Waals surface area contributed by atoms with Crippen LogP contribution in [0.4, 0.5) is 0 Å². The Morgan fingerprint density at radius 2 is 2.21 bits per heavy atom. The number of amides is 1. The van der Waals surface area contributed by atoms with Gasteiger partial charge in [0.15, 0.2) is 0 Å². The first-order valence-electron chi connectivity index (χ1n) is 5.33. The summed E-state index contributed by atoms with van der Waals surface area (Å²) in [5, 5.41) is 7.04. The maximum Gasteiger partial charge on any atom is 0.225 e. The van der Waals surface area contributed by atoms with E-state index in [0.717, 1.165) is 31.2 Å². The molecule has 2 rings (SSSR count). The molecular weight excluding hydrogens is 196 g/mol. The van der Waals surface area contributed by atoms with Crippen LogP contribution in [0.5, 0.6) is 0 Å². The zero-order valence-corrected chi connectivity index (χ0v) is 9.40. The number of carbonyl (C=O) groups excluding carboxylic acids is 1. The highest BCUT2D eigenvalue weighted by atomic mass is 32.2. The van der Waals surface area contributed by atoms with Crippen molar-refractivity contribution in [1.29, 1.82) is 0 Å². The Balaban J connectivity index is 1.72. The molecule has 1 saturated heterocycles. The summed E-state index contributed by atoms with van der Waals surface area (Å²) in [5.74, 6) is 0.499. The molecule has 2 aliphatic rings. The van der Waals surface area contributed by atoms with Gasteiger partial charge in [0.2, 0.25) is 5.91 Å². The van der Waals surface area contributed by atoms with E-state index in [2.05, 4.69) is 16.9 Å². The lowest BCUT2D eigenvalue weighted by Gasteiger charge is -2.27. The van der Waals surface area contributed by atoms with Crippen LogP contribution >= 0.6 is 11.8 Å². The molecular formula is C10H18N2OS. The molecule has 2 N–H and O–H groups in total. The van der Waals surface area contributed by atoms with E-state index in [9.17, 15) is 4.79 Å².